The molecule has 140 valence electrons. The minimum atomic E-state index is -0.288. The molecule has 2 N–H and O–H groups in total. The Hall–Kier alpha value is -3.55. The van der Waals surface area contributed by atoms with Crippen LogP contribution in [0.1, 0.15) is 5.56 Å². The van der Waals surface area contributed by atoms with Gasteiger partial charge in [0.15, 0.2) is 17.3 Å². The molecule has 27 heavy (non-hydrogen) atoms. The quantitative estimate of drug-likeness (QED) is 0.670. The van der Waals surface area contributed by atoms with E-state index in [1.54, 1.807) is 49.6 Å². The highest BCUT2D eigenvalue weighted by atomic mass is 16.5. The molecule has 0 bridgehead atoms. The molecule has 0 atom stereocenters. The number of pyridine rings is 1. The van der Waals surface area contributed by atoms with Crippen molar-refractivity contribution in [3.63, 3.8) is 0 Å². The Morgan fingerprint density at radius 2 is 2.00 bits per heavy atom. The Balaban J connectivity index is 1.48. The Labute approximate surface area is 157 Å². The van der Waals surface area contributed by atoms with Gasteiger partial charge in [-0.25, -0.2) is 14.5 Å². The standard InChI is InChI=1S/C19H21N5O3/c1-26-16-6-4-14(12-17(16)27-2)8-10-20-19(25)23-15-5-7-18(21-13-15)24-11-3-9-22-24/h3-7,9,11-13H,8,10H2,1-2H3,(H2,20,23,25). The number of carbonyl (C=O) groups is 1. The van der Waals surface area contributed by atoms with Crippen LogP contribution < -0.4 is 20.1 Å². The SMILES string of the molecule is COc1ccc(CCNC(=O)Nc2ccc(-n3cccn3)nc2)cc1OC. The molecule has 8 nitrogen and oxygen atoms in total. The zero-order chi connectivity index (χ0) is 19.1. The van der Waals surface area contributed by atoms with Gasteiger partial charge in [0.25, 0.3) is 0 Å². The maximum absolute atomic E-state index is 12.0. The van der Waals surface area contributed by atoms with Crippen molar-refractivity contribution >= 4 is 11.7 Å². The molecule has 1 aromatic carbocycles. The van der Waals surface area contributed by atoms with Crippen LogP contribution in [-0.2, 0) is 6.42 Å². The van der Waals surface area contributed by atoms with Crippen molar-refractivity contribution in [2.24, 2.45) is 0 Å². The van der Waals surface area contributed by atoms with Gasteiger partial charge in [-0.2, -0.15) is 5.10 Å². The molecular formula is C19H21N5O3. The molecule has 0 unspecified atom stereocenters. The van der Waals surface area contributed by atoms with E-state index < -0.39 is 0 Å². The second kappa shape index (κ2) is 8.70. The number of benzene rings is 1. The summed E-state index contributed by atoms with van der Waals surface area (Å²) in [6.45, 7) is 0.486. The maximum atomic E-state index is 12.0. The van der Waals surface area contributed by atoms with E-state index >= 15 is 0 Å². The van der Waals surface area contributed by atoms with Crippen LogP contribution in [-0.4, -0.2) is 41.6 Å². The predicted molar refractivity (Wildman–Crippen MR) is 102 cm³/mol. The number of ether oxygens (including phenoxy) is 2. The van der Waals surface area contributed by atoms with Crippen LogP contribution in [0, 0.1) is 0 Å². The number of rotatable bonds is 7. The molecular weight excluding hydrogens is 346 g/mol. The van der Waals surface area contributed by atoms with Gasteiger partial charge in [0.2, 0.25) is 0 Å². The molecule has 0 aliphatic carbocycles. The molecule has 3 aromatic rings. The fraction of sp³-hybridized carbons (Fsp3) is 0.211. The van der Waals surface area contributed by atoms with E-state index in [-0.39, 0.29) is 6.03 Å². The van der Waals surface area contributed by atoms with E-state index in [1.807, 2.05) is 24.3 Å². The Morgan fingerprint density at radius 3 is 2.67 bits per heavy atom. The third-order valence-corrected chi connectivity index (χ3v) is 3.89. The van der Waals surface area contributed by atoms with Crippen LogP contribution in [0.15, 0.2) is 55.0 Å². The second-order valence-electron chi connectivity index (χ2n) is 5.68. The number of carbonyl (C=O) groups excluding carboxylic acids is 1. The van der Waals surface area contributed by atoms with Crippen LogP contribution in [0.3, 0.4) is 0 Å². The highest BCUT2D eigenvalue weighted by Crippen LogP contribution is 2.27. The number of methoxy groups -OCH3 is 2. The topological polar surface area (TPSA) is 90.3 Å². The average Bonchev–Trinajstić information content (AvgIpc) is 3.23. The van der Waals surface area contributed by atoms with Crippen molar-refractivity contribution in [3.05, 3.63) is 60.6 Å². The summed E-state index contributed by atoms with van der Waals surface area (Å²) in [5.74, 6) is 2.03. The summed E-state index contributed by atoms with van der Waals surface area (Å²) in [5, 5.41) is 9.68. The lowest BCUT2D eigenvalue weighted by atomic mass is 10.1. The first-order chi connectivity index (χ1) is 13.2. The van der Waals surface area contributed by atoms with E-state index in [4.69, 9.17) is 9.47 Å². The summed E-state index contributed by atoms with van der Waals surface area (Å²) in [7, 11) is 3.19. The molecule has 0 spiro atoms. The van der Waals surface area contributed by atoms with Crippen molar-refractivity contribution in [3.8, 4) is 17.3 Å². The summed E-state index contributed by atoms with van der Waals surface area (Å²) in [6.07, 6.45) is 5.74. The molecule has 0 saturated heterocycles. The van der Waals surface area contributed by atoms with Crippen molar-refractivity contribution in [2.45, 2.75) is 6.42 Å². The van der Waals surface area contributed by atoms with Crippen molar-refractivity contribution in [1.29, 1.82) is 0 Å². The normalized spacial score (nSPS) is 10.3. The van der Waals surface area contributed by atoms with Gasteiger partial charge < -0.3 is 20.1 Å². The molecule has 0 saturated carbocycles. The lowest BCUT2D eigenvalue weighted by Crippen LogP contribution is -2.30. The highest BCUT2D eigenvalue weighted by molar-refractivity contribution is 5.89. The third-order valence-electron chi connectivity index (χ3n) is 3.89. The van der Waals surface area contributed by atoms with Crippen LogP contribution in [0.25, 0.3) is 5.82 Å². The van der Waals surface area contributed by atoms with Gasteiger partial charge in [0.05, 0.1) is 26.1 Å². The molecule has 3 rings (SSSR count). The third kappa shape index (κ3) is 4.75. The molecule has 2 amide bonds. The largest absolute Gasteiger partial charge is 0.493 e. The van der Waals surface area contributed by atoms with Gasteiger partial charge in [0, 0.05) is 18.9 Å². The van der Waals surface area contributed by atoms with Crippen molar-refractivity contribution in [1.82, 2.24) is 20.1 Å². The van der Waals surface area contributed by atoms with Gasteiger partial charge in [-0.05, 0) is 42.3 Å². The second-order valence-corrected chi connectivity index (χ2v) is 5.68. The smallest absolute Gasteiger partial charge is 0.319 e. The van der Waals surface area contributed by atoms with Gasteiger partial charge in [0.1, 0.15) is 0 Å². The van der Waals surface area contributed by atoms with Gasteiger partial charge >= 0.3 is 6.03 Å². The van der Waals surface area contributed by atoms with Crippen molar-refractivity contribution in [2.75, 3.05) is 26.1 Å². The van der Waals surface area contributed by atoms with Crippen LogP contribution in [0.5, 0.6) is 11.5 Å². The number of hydrogen-bond acceptors (Lipinski definition) is 5. The molecule has 0 aliphatic heterocycles. The van der Waals surface area contributed by atoms with E-state index in [0.717, 1.165) is 5.56 Å². The Bertz CT molecular complexity index is 879. The number of nitrogens with zero attached hydrogens (tertiary/aromatic N) is 3. The van der Waals surface area contributed by atoms with Crippen LogP contribution in [0.4, 0.5) is 10.5 Å². The molecule has 2 heterocycles. The summed E-state index contributed by atoms with van der Waals surface area (Å²) in [5.41, 5.74) is 1.65. The predicted octanol–water partition coefficient (Wildman–Crippen LogP) is 2.65. The van der Waals surface area contributed by atoms with Gasteiger partial charge in [-0.1, -0.05) is 6.07 Å². The number of urea groups is 1. The van der Waals surface area contributed by atoms with Crippen molar-refractivity contribution < 1.29 is 14.3 Å². The van der Waals surface area contributed by atoms with Crippen LogP contribution in [0.2, 0.25) is 0 Å². The summed E-state index contributed by atoms with van der Waals surface area (Å²) in [4.78, 5) is 16.3. The van der Waals surface area contributed by atoms with E-state index in [2.05, 4.69) is 20.7 Å². The number of amides is 2. The highest BCUT2D eigenvalue weighted by Gasteiger charge is 2.06. The fourth-order valence-electron chi connectivity index (χ4n) is 2.53. The zero-order valence-electron chi connectivity index (χ0n) is 15.2. The first-order valence-corrected chi connectivity index (χ1v) is 8.41. The minimum Gasteiger partial charge on any atom is -0.493 e. The molecule has 2 aromatic heterocycles. The first-order valence-electron chi connectivity index (χ1n) is 8.41. The maximum Gasteiger partial charge on any atom is 0.319 e. The number of hydrogen-bond donors (Lipinski definition) is 2. The monoisotopic (exact) mass is 367 g/mol. The number of nitrogens with one attached hydrogen (secondary N) is 2. The van der Waals surface area contributed by atoms with Gasteiger partial charge in [-0.15, -0.1) is 0 Å². The summed E-state index contributed by atoms with van der Waals surface area (Å²) >= 11 is 0. The van der Waals surface area contributed by atoms with E-state index in [9.17, 15) is 4.79 Å². The Kier molecular flexibility index (Phi) is 5.88. The molecule has 0 fully saturated rings. The minimum absolute atomic E-state index is 0.288. The van der Waals surface area contributed by atoms with E-state index in [1.165, 1.54) is 0 Å². The summed E-state index contributed by atoms with van der Waals surface area (Å²) < 4.78 is 12.1. The van der Waals surface area contributed by atoms with E-state index in [0.29, 0.717) is 36.0 Å². The molecule has 0 radical (unpaired) electrons. The Morgan fingerprint density at radius 1 is 1.15 bits per heavy atom. The number of anilines is 1. The molecule has 0 aliphatic rings. The summed E-state index contributed by atoms with van der Waals surface area (Å²) in [6, 6.07) is 10.8. The zero-order valence-corrected chi connectivity index (χ0v) is 15.2. The van der Waals surface area contributed by atoms with Crippen LogP contribution >= 0.6 is 0 Å². The average molecular weight is 367 g/mol. The lowest BCUT2D eigenvalue weighted by molar-refractivity contribution is 0.252. The fourth-order valence-corrected chi connectivity index (χ4v) is 2.53. The molecule has 8 heteroatoms. The first kappa shape index (κ1) is 18.2. The number of aromatic nitrogens is 3. The lowest BCUT2D eigenvalue weighted by Gasteiger charge is -2.10. The van der Waals surface area contributed by atoms with Gasteiger partial charge in [-0.3, -0.25) is 0 Å².